The van der Waals surface area contributed by atoms with Gasteiger partial charge in [-0.25, -0.2) is 53.7 Å². The van der Waals surface area contributed by atoms with Crippen molar-refractivity contribution in [2.75, 3.05) is 20.7 Å². The van der Waals surface area contributed by atoms with Gasteiger partial charge in [-0.05, 0) is 182 Å². The van der Waals surface area contributed by atoms with Crippen molar-refractivity contribution in [3.63, 3.8) is 0 Å². The molecule has 0 saturated carbocycles. The Hall–Kier alpha value is -14.4. The third-order valence-corrected chi connectivity index (χ3v) is 15.9. The topological polar surface area (TPSA) is 219 Å². The van der Waals surface area contributed by atoms with Gasteiger partial charge >= 0.3 is 5.97 Å². The van der Waals surface area contributed by atoms with Crippen LogP contribution in [0.5, 0.6) is 0 Å². The normalized spacial score (nSPS) is 10.6. The number of nitriles is 1. The lowest BCUT2D eigenvalue weighted by Gasteiger charge is -2.12. The molecule has 0 atom stereocenters. The molecule has 0 fully saturated rings. The lowest BCUT2D eigenvalue weighted by molar-refractivity contribution is -0.607. The summed E-state index contributed by atoms with van der Waals surface area (Å²) >= 11 is 0. The van der Waals surface area contributed by atoms with Crippen LogP contribution in [0.4, 0.5) is 48.3 Å². The summed E-state index contributed by atoms with van der Waals surface area (Å²) in [5.74, 6) is -6.11. The molecule has 0 spiro atoms. The second kappa shape index (κ2) is 39.1. The maximum Gasteiger partial charge on any atom is 0.338 e. The summed E-state index contributed by atoms with van der Waals surface area (Å²) in [4.78, 5) is 51.7. The van der Waals surface area contributed by atoms with Gasteiger partial charge in [0.1, 0.15) is 75.5 Å². The molecule has 0 N–H and O–H groups in total. The van der Waals surface area contributed by atoms with Crippen LogP contribution in [0, 0.1) is 80.5 Å². The van der Waals surface area contributed by atoms with E-state index in [1.54, 1.807) is 128 Å². The van der Waals surface area contributed by atoms with Crippen molar-refractivity contribution >= 4 is 23.1 Å². The van der Waals surface area contributed by atoms with E-state index in [2.05, 4.69) is 35.2 Å². The Morgan fingerprint density at radius 2 is 0.876 bits per heavy atom. The highest BCUT2D eigenvalue weighted by Crippen LogP contribution is 2.36. The van der Waals surface area contributed by atoms with Gasteiger partial charge in [-0.15, -0.1) is 0 Å². The summed E-state index contributed by atoms with van der Waals surface area (Å²) < 4.78 is 156. The minimum atomic E-state index is -0.693. The molecule has 572 valence electrons. The second-order valence-electron chi connectivity index (χ2n) is 24.3. The molecule has 0 aliphatic carbocycles. The number of aryl methyl sites for hydroxylation is 3. The van der Waals surface area contributed by atoms with Gasteiger partial charge in [0.05, 0.1) is 30.8 Å². The van der Waals surface area contributed by atoms with E-state index in [1.165, 1.54) is 171 Å². The number of halogens is 11. The van der Waals surface area contributed by atoms with E-state index in [1.807, 2.05) is 0 Å². The van der Waals surface area contributed by atoms with Crippen molar-refractivity contribution in [2.45, 2.75) is 13.3 Å². The zero-order chi connectivity index (χ0) is 81.4. The Morgan fingerprint density at radius 3 is 1.30 bits per heavy atom. The summed E-state index contributed by atoms with van der Waals surface area (Å²) in [6.45, 7) is 2.05. The lowest BCUT2D eigenvalue weighted by Crippen LogP contribution is -2.25. The first-order valence-electron chi connectivity index (χ1n) is 33.7. The molecular formula is C84H64F11N13O5. The Morgan fingerprint density at radius 1 is 0.478 bits per heavy atom. The zero-order valence-electron chi connectivity index (χ0n) is 60.7. The minimum Gasteiger partial charge on any atom is -0.619 e. The van der Waals surface area contributed by atoms with Gasteiger partial charge in [0.15, 0.2) is 35.1 Å². The monoisotopic (exact) mass is 1540 g/mol. The number of allylic oxidation sites excluding steroid dienone is 1. The number of carbonyl (C=O) groups is 3. The van der Waals surface area contributed by atoms with Gasteiger partial charge in [-0.3, -0.25) is 38.6 Å². The SMILES string of the molecule is CCOC(=O)c1ccc(F)cc1.CN(C)/C=C(\C(=O)c1ccc(F)cc1)c1ccncc1F.Cn1cc(-c2cc[n+]([O-])cc2F)c(-c2ccc(F)cc2)n1.Cn1cc(-c2ccnc(C#N)c2F)c(-c2ccc(F)cc2)n1.Cn1cc(-c2ccncc2F)c(-c2ccc(F)cc2)n1.O=C(Cc1ccncc1F)c1ccc(F)cc1. The van der Waals surface area contributed by atoms with E-state index in [9.17, 15) is 67.9 Å². The van der Waals surface area contributed by atoms with Gasteiger partial charge in [0.2, 0.25) is 6.20 Å². The number of esters is 1. The van der Waals surface area contributed by atoms with Crippen molar-refractivity contribution in [1.29, 1.82) is 5.26 Å². The number of hydrogen-bond donors (Lipinski definition) is 0. The van der Waals surface area contributed by atoms with Crippen LogP contribution in [-0.2, 0) is 32.3 Å². The molecule has 14 aromatic rings. The molecule has 0 aliphatic rings. The van der Waals surface area contributed by atoms with Crippen LogP contribution in [0.25, 0.3) is 72.7 Å². The molecule has 0 radical (unpaired) electrons. The van der Waals surface area contributed by atoms with E-state index in [4.69, 9.17) is 10.00 Å². The predicted octanol–water partition coefficient (Wildman–Crippen LogP) is 17.3. The maximum atomic E-state index is 14.3. The number of ketones is 2. The van der Waals surface area contributed by atoms with Crippen molar-refractivity contribution < 1.29 is 72.1 Å². The molecule has 0 amide bonds. The Kier molecular flexibility index (Phi) is 28.6. The minimum absolute atomic E-state index is 0.0556. The second-order valence-corrected chi connectivity index (χ2v) is 24.3. The van der Waals surface area contributed by atoms with Gasteiger partial charge in [0.25, 0.3) is 0 Å². The zero-order valence-corrected chi connectivity index (χ0v) is 60.7. The van der Waals surface area contributed by atoms with E-state index in [-0.39, 0.29) is 74.8 Å². The molecule has 8 aromatic heterocycles. The van der Waals surface area contributed by atoms with Crippen molar-refractivity contribution in [3.8, 4) is 73.2 Å². The number of rotatable bonds is 15. The van der Waals surface area contributed by atoms with Gasteiger partial charge in [0, 0.05) is 170 Å². The number of hydrogen-bond acceptors (Lipinski definition) is 14. The molecule has 14 rings (SSSR count). The number of Topliss-reactive ketones (excluding diaryl/α,β-unsaturated/α-hetero) is 2. The fraction of sp³-hybridized carbons (Fsp3) is 0.0952. The Balaban J connectivity index is 0.000000157. The summed E-state index contributed by atoms with van der Waals surface area (Å²) in [7, 11) is 8.65. The summed E-state index contributed by atoms with van der Waals surface area (Å²) in [5, 5.41) is 32.9. The highest BCUT2D eigenvalue weighted by molar-refractivity contribution is 6.28. The average molecular weight is 1540 g/mol. The standard InChI is InChI=1S/C16H10F2N4.C16H14F2N2O.C15H11F2N3O.C15H11F2N3.C13H9F2NO.C9H9FO2/c1-22-9-13(12-6-7-20-14(8-19)15(12)18)16(21-22)10-2-4-11(17)5-3-10;1-20(2)10-14(13-7-8-19-9-15(13)18)16(21)11-3-5-12(17)6-4-11;1-19-8-13(12-6-7-20(21)9-14(12)17)15(18-19)10-2-4-11(16)5-3-10;1-20-9-13(12-6-7-18-8-14(12)17)15(19-20)10-2-4-11(16)5-3-10;14-11-3-1-9(2-4-11)13(17)7-10-5-6-16-8-12(10)15;1-2-12-9(11)7-3-5-8(10)6-4-7/h2-7,9H,1H3;3-10H,1-2H3;2-9H,1H3;2-9H,1H3;1-6,8H,7H2;3-6H,2H2,1H3/b;14-10-;;;;. The van der Waals surface area contributed by atoms with Crippen LogP contribution in [0.15, 0.2) is 256 Å². The fourth-order valence-corrected chi connectivity index (χ4v) is 10.6. The number of benzene rings is 6. The third kappa shape index (κ3) is 22.6. The van der Waals surface area contributed by atoms with Gasteiger partial charge in [-0.1, -0.05) is 0 Å². The van der Waals surface area contributed by atoms with E-state index >= 15 is 0 Å². The lowest BCUT2D eigenvalue weighted by atomic mass is 9.98. The van der Waals surface area contributed by atoms with Crippen molar-refractivity contribution in [1.82, 2.24) is 54.2 Å². The molecule has 0 aliphatic heterocycles. The quantitative estimate of drug-likeness (QED) is 0.0233. The summed E-state index contributed by atoms with van der Waals surface area (Å²) in [6.07, 6.45) is 17.6. The van der Waals surface area contributed by atoms with Crippen LogP contribution in [0.3, 0.4) is 0 Å². The number of aromatic nitrogens is 11. The molecule has 6 aromatic carbocycles. The van der Waals surface area contributed by atoms with Crippen LogP contribution < -0.4 is 4.73 Å². The van der Waals surface area contributed by atoms with Crippen LogP contribution >= 0.6 is 0 Å². The molecule has 113 heavy (non-hydrogen) atoms. The summed E-state index contributed by atoms with van der Waals surface area (Å²) in [5.41, 5.74) is 7.75. The Bertz CT molecular complexity index is 5680. The number of ether oxygens (including phenoxy) is 1. The molecule has 29 heteroatoms. The number of nitrogens with zero attached hydrogens (tertiary/aromatic N) is 13. The van der Waals surface area contributed by atoms with Gasteiger partial charge < -0.3 is 14.8 Å². The number of pyridine rings is 5. The third-order valence-electron chi connectivity index (χ3n) is 15.9. The first kappa shape index (κ1) is 82.6. The van der Waals surface area contributed by atoms with Gasteiger partial charge in [-0.2, -0.15) is 29.7 Å². The molecule has 8 heterocycles. The fourth-order valence-electron chi connectivity index (χ4n) is 10.6. The molecule has 0 unspecified atom stereocenters. The molecule has 18 nitrogen and oxygen atoms in total. The molecule has 0 bridgehead atoms. The van der Waals surface area contributed by atoms with Crippen LogP contribution in [-0.4, -0.2) is 92.4 Å². The molecule has 0 saturated heterocycles. The number of carbonyl (C=O) groups excluding carboxylic acids is 3. The van der Waals surface area contributed by atoms with Crippen LogP contribution in [0.1, 0.15) is 54.8 Å². The Labute approximate surface area is 639 Å². The van der Waals surface area contributed by atoms with E-state index in [0.29, 0.717) is 78.5 Å². The first-order chi connectivity index (χ1) is 54.2. The average Bonchev–Trinajstić information content (AvgIpc) is 1.66. The first-order valence-corrected chi connectivity index (χ1v) is 33.7. The predicted molar refractivity (Wildman–Crippen MR) is 399 cm³/mol. The largest absolute Gasteiger partial charge is 0.619 e. The van der Waals surface area contributed by atoms with E-state index in [0.717, 1.165) is 30.4 Å². The van der Waals surface area contributed by atoms with Crippen molar-refractivity contribution in [3.05, 3.63) is 359 Å². The van der Waals surface area contributed by atoms with Crippen LogP contribution in [0.2, 0.25) is 0 Å². The smallest absolute Gasteiger partial charge is 0.338 e. The summed E-state index contributed by atoms with van der Waals surface area (Å²) in [6, 6.07) is 42.2. The van der Waals surface area contributed by atoms with Crippen molar-refractivity contribution in [2.24, 2.45) is 21.1 Å². The highest BCUT2D eigenvalue weighted by atomic mass is 19.2. The highest BCUT2D eigenvalue weighted by Gasteiger charge is 2.23. The molecular weight excluding hydrogens is 1480 g/mol. The maximum absolute atomic E-state index is 14.3. The van der Waals surface area contributed by atoms with E-state index < -0.39 is 46.7 Å².